The van der Waals surface area contributed by atoms with Crippen LogP contribution in [0.4, 0.5) is 5.69 Å². The monoisotopic (exact) mass is 441 g/mol. The minimum absolute atomic E-state index is 0.0182. The largest absolute Gasteiger partial charge is 0.497 e. The Kier molecular flexibility index (Phi) is 5.69. The molecule has 1 fully saturated rings. The molecule has 0 saturated carbocycles. The highest BCUT2D eigenvalue weighted by molar-refractivity contribution is 7.92. The maximum atomic E-state index is 13.0. The van der Waals surface area contributed by atoms with Crippen LogP contribution in [-0.2, 0) is 10.0 Å². The average molecular weight is 442 g/mol. The minimum atomic E-state index is -3.95. The number of pyridine rings is 1. The number of anilines is 1. The van der Waals surface area contributed by atoms with Gasteiger partial charge < -0.3 is 14.6 Å². The average Bonchev–Trinajstić information content (AvgIpc) is 2.79. The molecule has 8 nitrogen and oxygen atoms in total. The molecular weight excluding hydrogens is 418 g/mol. The molecule has 1 aromatic heterocycles. The van der Waals surface area contributed by atoms with E-state index in [2.05, 4.69) is 9.71 Å². The van der Waals surface area contributed by atoms with E-state index in [0.29, 0.717) is 30.0 Å². The number of carbonyl (C=O) groups excluding carboxylic acids is 1. The van der Waals surface area contributed by atoms with Gasteiger partial charge in [-0.3, -0.25) is 14.3 Å². The van der Waals surface area contributed by atoms with Crippen molar-refractivity contribution in [3.05, 3.63) is 64.4 Å². The van der Waals surface area contributed by atoms with Gasteiger partial charge in [-0.25, -0.2) is 8.42 Å². The lowest BCUT2D eigenvalue weighted by Crippen LogP contribution is -2.38. The van der Waals surface area contributed by atoms with Gasteiger partial charge in [0.1, 0.15) is 11.3 Å². The number of aromatic amines is 1. The Bertz CT molecular complexity index is 1290. The van der Waals surface area contributed by atoms with E-state index in [1.54, 1.807) is 29.2 Å². The lowest BCUT2D eigenvalue weighted by molar-refractivity contribution is 0.0723. The Morgan fingerprint density at radius 3 is 2.61 bits per heavy atom. The van der Waals surface area contributed by atoms with Gasteiger partial charge in [0.25, 0.3) is 15.9 Å². The fourth-order valence-electron chi connectivity index (χ4n) is 3.69. The number of benzene rings is 2. The standard InChI is InChI=1S/C22H23N3O5S/c1-30-16-7-5-6-15(12-16)24-31(28,29)17-8-9-20-18(13-17)21(26)19(14-23-20)22(27)25-10-3-2-4-11-25/h5-9,12-14,24H,2-4,10-11H2,1H3,(H,23,26). The number of hydrogen-bond donors (Lipinski definition) is 2. The van der Waals surface area contributed by atoms with Gasteiger partial charge >= 0.3 is 0 Å². The third-order valence-corrected chi connectivity index (χ3v) is 6.74. The summed E-state index contributed by atoms with van der Waals surface area (Å²) in [7, 11) is -2.46. The van der Waals surface area contributed by atoms with Gasteiger partial charge in [-0.15, -0.1) is 0 Å². The lowest BCUT2D eigenvalue weighted by atomic mass is 10.1. The van der Waals surface area contributed by atoms with E-state index in [1.807, 2.05) is 0 Å². The molecule has 9 heteroatoms. The molecule has 0 unspecified atom stereocenters. The van der Waals surface area contributed by atoms with Gasteiger partial charge in [0, 0.05) is 36.3 Å². The van der Waals surface area contributed by atoms with E-state index in [-0.39, 0.29) is 21.8 Å². The van der Waals surface area contributed by atoms with Crippen LogP contribution >= 0.6 is 0 Å². The zero-order valence-electron chi connectivity index (χ0n) is 17.1. The second-order valence-corrected chi connectivity index (χ2v) is 9.11. The van der Waals surface area contributed by atoms with Gasteiger partial charge in [-0.05, 0) is 49.6 Å². The number of hydrogen-bond acceptors (Lipinski definition) is 5. The maximum absolute atomic E-state index is 13.0. The number of likely N-dealkylation sites (tertiary alicyclic amines) is 1. The second-order valence-electron chi connectivity index (χ2n) is 7.43. The van der Waals surface area contributed by atoms with Crippen molar-refractivity contribution in [3.8, 4) is 5.75 Å². The molecule has 162 valence electrons. The van der Waals surface area contributed by atoms with Crippen molar-refractivity contribution < 1.29 is 17.9 Å². The lowest BCUT2D eigenvalue weighted by Gasteiger charge is -2.26. The van der Waals surface area contributed by atoms with Gasteiger partial charge in [-0.2, -0.15) is 0 Å². The first kappa shape index (κ1) is 20.9. The first-order chi connectivity index (χ1) is 14.9. The summed E-state index contributed by atoms with van der Waals surface area (Å²) in [5.74, 6) is 0.182. The van der Waals surface area contributed by atoms with Crippen LogP contribution in [0.5, 0.6) is 5.75 Å². The Labute approximate surface area is 179 Å². The van der Waals surface area contributed by atoms with E-state index in [0.717, 1.165) is 19.3 Å². The Balaban J connectivity index is 1.70. The molecule has 0 radical (unpaired) electrons. The topological polar surface area (TPSA) is 109 Å². The number of methoxy groups -OCH3 is 1. The molecule has 2 heterocycles. The summed E-state index contributed by atoms with van der Waals surface area (Å²) < 4.78 is 33.4. The van der Waals surface area contributed by atoms with Crippen molar-refractivity contribution in [3.63, 3.8) is 0 Å². The minimum Gasteiger partial charge on any atom is -0.497 e. The van der Waals surface area contributed by atoms with Gasteiger partial charge in [0.05, 0.1) is 17.7 Å². The van der Waals surface area contributed by atoms with Crippen molar-refractivity contribution >= 4 is 32.5 Å². The van der Waals surface area contributed by atoms with Crippen LogP contribution in [0.1, 0.15) is 29.6 Å². The highest BCUT2D eigenvalue weighted by Gasteiger charge is 2.22. The number of H-pyrrole nitrogens is 1. The van der Waals surface area contributed by atoms with E-state index in [1.165, 1.54) is 31.5 Å². The van der Waals surface area contributed by atoms with E-state index in [4.69, 9.17) is 4.74 Å². The third kappa shape index (κ3) is 4.27. The quantitative estimate of drug-likeness (QED) is 0.633. The summed E-state index contributed by atoms with van der Waals surface area (Å²) in [5, 5.41) is 0.149. The first-order valence-electron chi connectivity index (χ1n) is 10.0. The predicted molar refractivity (Wildman–Crippen MR) is 118 cm³/mol. The highest BCUT2D eigenvalue weighted by Crippen LogP contribution is 2.22. The zero-order chi connectivity index (χ0) is 22.0. The molecule has 0 bridgehead atoms. The molecule has 1 saturated heterocycles. The van der Waals surface area contributed by atoms with E-state index < -0.39 is 15.5 Å². The molecule has 0 aliphatic carbocycles. The fourth-order valence-corrected chi connectivity index (χ4v) is 4.77. The van der Waals surface area contributed by atoms with Crippen molar-refractivity contribution in [1.82, 2.24) is 9.88 Å². The van der Waals surface area contributed by atoms with Crippen LogP contribution in [0.15, 0.2) is 58.4 Å². The van der Waals surface area contributed by atoms with E-state index in [9.17, 15) is 18.0 Å². The van der Waals surface area contributed by atoms with Crippen LogP contribution in [-0.4, -0.2) is 44.4 Å². The number of rotatable bonds is 5. The number of carbonyl (C=O) groups is 1. The number of sulfonamides is 1. The number of nitrogens with one attached hydrogen (secondary N) is 2. The van der Waals surface area contributed by atoms with Crippen LogP contribution in [0, 0.1) is 0 Å². The molecule has 0 atom stereocenters. The van der Waals surface area contributed by atoms with Crippen molar-refractivity contribution in [2.24, 2.45) is 0 Å². The molecule has 2 N–H and O–H groups in total. The number of ether oxygens (including phenoxy) is 1. The summed E-state index contributed by atoms with van der Waals surface area (Å²) in [6, 6.07) is 10.8. The molecule has 4 rings (SSSR count). The van der Waals surface area contributed by atoms with Crippen LogP contribution in [0.2, 0.25) is 0 Å². The fraction of sp³-hybridized carbons (Fsp3) is 0.273. The van der Waals surface area contributed by atoms with Crippen LogP contribution in [0.3, 0.4) is 0 Å². The zero-order valence-corrected chi connectivity index (χ0v) is 17.9. The van der Waals surface area contributed by atoms with Gasteiger partial charge in [0.2, 0.25) is 5.43 Å². The molecule has 2 aromatic carbocycles. The molecule has 31 heavy (non-hydrogen) atoms. The Hall–Kier alpha value is -3.33. The molecule has 3 aromatic rings. The van der Waals surface area contributed by atoms with E-state index >= 15 is 0 Å². The maximum Gasteiger partial charge on any atom is 0.261 e. The normalized spacial score (nSPS) is 14.4. The van der Waals surface area contributed by atoms with Crippen molar-refractivity contribution in [2.75, 3.05) is 24.9 Å². The summed E-state index contributed by atoms with van der Waals surface area (Å²) in [5.41, 5.74) is 0.329. The van der Waals surface area contributed by atoms with Gasteiger partial charge in [-0.1, -0.05) is 6.07 Å². The smallest absolute Gasteiger partial charge is 0.261 e. The van der Waals surface area contributed by atoms with Crippen LogP contribution < -0.4 is 14.9 Å². The molecular formula is C22H23N3O5S. The van der Waals surface area contributed by atoms with Crippen molar-refractivity contribution in [1.29, 1.82) is 0 Å². The Morgan fingerprint density at radius 1 is 1.10 bits per heavy atom. The third-order valence-electron chi connectivity index (χ3n) is 5.36. The summed E-state index contributed by atoms with van der Waals surface area (Å²) >= 11 is 0. The number of aromatic nitrogens is 1. The summed E-state index contributed by atoms with van der Waals surface area (Å²) in [6.07, 6.45) is 4.30. The SMILES string of the molecule is COc1cccc(NS(=O)(=O)c2ccc3[nH]cc(C(=O)N4CCCCC4)c(=O)c3c2)c1. The molecule has 1 aliphatic rings. The number of amides is 1. The summed E-state index contributed by atoms with van der Waals surface area (Å²) in [6.45, 7) is 1.24. The first-order valence-corrected chi connectivity index (χ1v) is 11.5. The van der Waals surface area contributed by atoms with Crippen molar-refractivity contribution in [2.45, 2.75) is 24.2 Å². The number of fused-ring (bicyclic) bond motifs is 1. The number of nitrogens with zero attached hydrogens (tertiary/aromatic N) is 1. The predicted octanol–water partition coefficient (Wildman–Crippen LogP) is 2.96. The highest BCUT2D eigenvalue weighted by atomic mass is 32.2. The molecule has 1 amide bonds. The Morgan fingerprint density at radius 2 is 1.87 bits per heavy atom. The summed E-state index contributed by atoms with van der Waals surface area (Å²) in [4.78, 5) is 30.4. The van der Waals surface area contributed by atoms with Crippen LogP contribution in [0.25, 0.3) is 10.9 Å². The molecule has 0 spiro atoms. The second kappa shape index (κ2) is 8.43. The number of piperidine rings is 1. The molecule has 1 aliphatic heterocycles. The van der Waals surface area contributed by atoms with Gasteiger partial charge in [0.15, 0.2) is 0 Å².